The molecule has 1 N–H and O–H groups in total. The van der Waals surface area contributed by atoms with Gasteiger partial charge in [-0.3, -0.25) is 0 Å². The van der Waals surface area contributed by atoms with Gasteiger partial charge in [0, 0.05) is 6.04 Å². The van der Waals surface area contributed by atoms with Crippen LogP contribution >= 0.6 is 0 Å². The minimum atomic E-state index is -0.273. The minimum Gasteiger partial charge on any atom is -0.450 e. The monoisotopic (exact) mass is 199 g/mol. The Morgan fingerprint density at radius 2 is 2.07 bits per heavy atom. The summed E-state index contributed by atoms with van der Waals surface area (Å²) in [5.74, 6) is 0.646. The molecule has 1 aliphatic rings. The summed E-state index contributed by atoms with van der Waals surface area (Å²) in [4.78, 5) is 11.2. The molecule has 14 heavy (non-hydrogen) atoms. The third-order valence-corrected chi connectivity index (χ3v) is 2.98. The maximum absolute atomic E-state index is 11.2. The van der Waals surface area contributed by atoms with Gasteiger partial charge in [0.05, 0.1) is 6.61 Å². The Bertz CT molecular complexity index is 176. The standard InChI is InChI=1S/C11H21NO2/c1-3-14-11(13)12-9(2)10-7-5-4-6-8-10/h9-10H,3-8H2,1-2H3,(H,12,13)/t9-/m1/s1. The van der Waals surface area contributed by atoms with E-state index in [1.807, 2.05) is 6.92 Å². The molecule has 1 aliphatic carbocycles. The Balaban J connectivity index is 2.25. The summed E-state index contributed by atoms with van der Waals surface area (Å²) < 4.78 is 4.85. The van der Waals surface area contributed by atoms with Crippen LogP contribution in [0.25, 0.3) is 0 Å². The molecule has 1 rings (SSSR count). The zero-order valence-corrected chi connectivity index (χ0v) is 9.21. The molecule has 82 valence electrons. The van der Waals surface area contributed by atoms with Crippen molar-refractivity contribution in [3.63, 3.8) is 0 Å². The van der Waals surface area contributed by atoms with Crippen molar-refractivity contribution >= 4 is 6.09 Å². The second kappa shape index (κ2) is 5.89. The van der Waals surface area contributed by atoms with Crippen molar-refractivity contribution in [1.29, 1.82) is 0 Å². The van der Waals surface area contributed by atoms with E-state index in [0.717, 1.165) is 0 Å². The van der Waals surface area contributed by atoms with Gasteiger partial charge in [-0.1, -0.05) is 19.3 Å². The number of hydrogen-bond donors (Lipinski definition) is 1. The van der Waals surface area contributed by atoms with E-state index >= 15 is 0 Å². The number of carbonyl (C=O) groups excluding carboxylic acids is 1. The fourth-order valence-corrected chi connectivity index (χ4v) is 2.11. The summed E-state index contributed by atoms with van der Waals surface area (Å²) in [6.45, 7) is 4.35. The lowest BCUT2D eigenvalue weighted by Gasteiger charge is -2.27. The largest absolute Gasteiger partial charge is 0.450 e. The lowest BCUT2D eigenvalue weighted by molar-refractivity contribution is 0.142. The van der Waals surface area contributed by atoms with Crippen LogP contribution in [0.1, 0.15) is 46.0 Å². The molecular formula is C11H21NO2. The molecule has 0 spiro atoms. The molecule has 0 aromatic carbocycles. The van der Waals surface area contributed by atoms with Gasteiger partial charge in [0.1, 0.15) is 0 Å². The average Bonchev–Trinajstić information content (AvgIpc) is 2.19. The third-order valence-electron chi connectivity index (χ3n) is 2.98. The topological polar surface area (TPSA) is 38.3 Å². The van der Waals surface area contributed by atoms with Crippen LogP contribution in [0.3, 0.4) is 0 Å². The number of nitrogens with one attached hydrogen (secondary N) is 1. The lowest BCUT2D eigenvalue weighted by Crippen LogP contribution is -2.39. The van der Waals surface area contributed by atoms with E-state index in [-0.39, 0.29) is 12.1 Å². The van der Waals surface area contributed by atoms with Crippen molar-refractivity contribution in [2.24, 2.45) is 5.92 Å². The number of ether oxygens (including phenoxy) is 1. The third kappa shape index (κ3) is 3.56. The maximum Gasteiger partial charge on any atom is 0.407 e. The highest BCUT2D eigenvalue weighted by atomic mass is 16.5. The summed E-state index contributed by atoms with van der Waals surface area (Å²) in [5.41, 5.74) is 0. The van der Waals surface area contributed by atoms with Crippen LogP contribution in [0, 0.1) is 5.92 Å². The Labute approximate surface area is 86.2 Å². The molecule has 3 heteroatoms. The van der Waals surface area contributed by atoms with Crippen molar-refractivity contribution in [1.82, 2.24) is 5.32 Å². The van der Waals surface area contributed by atoms with Crippen LogP contribution in [0.4, 0.5) is 4.79 Å². The van der Waals surface area contributed by atoms with Crippen LogP contribution in [-0.2, 0) is 4.74 Å². The smallest absolute Gasteiger partial charge is 0.407 e. The van der Waals surface area contributed by atoms with Crippen LogP contribution in [0.15, 0.2) is 0 Å². The quantitative estimate of drug-likeness (QED) is 0.759. The van der Waals surface area contributed by atoms with E-state index in [2.05, 4.69) is 12.2 Å². The Kier molecular flexibility index (Phi) is 4.77. The van der Waals surface area contributed by atoms with Gasteiger partial charge in [0.15, 0.2) is 0 Å². The van der Waals surface area contributed by atoms with E-state index in [4.69, 9.17) is 4.74 Å². The van der Waals surface area contributed by atoms with Crippen molar-refractivity contribution < 1.29 is 9.53 Å². The number of alkyl carbamates (subject to hydrolysis) is 1. The molecule has 0 radical (unpaired) electrons. The van der Waals surface area contributed by atoms with E-state index < -0.39 is 0 Å². The number of carbonyl (C=O) groups is 1. The second-order valence-electron chi connectivity index (χ2n) is 4.05. The molecule has 1 saturated carbocycles. The Morgan fingerprint density at radius 1 is 1.43 bits per heavy atom. The van der Waals surface area contributed by atoms with Crippen molar-refractivity contribution in [3.8, 4) is 0 Å². The summed E-state index contributed by atoms with van der Waals surface area (Å²) >= 11 is 0. The molecule has 0 heterocycles. The Morgan fingerprint density at radius 3 is 2.64 bits per heavy atom. The summed E-state index contributed by atoms with van der Waals surface area (Å²) in [7, 11) is 0. The maximum atomic E-state index is 11.2. The van der Waals surface area contributed by atoms with Gasteiger partial charge in [0.2, 0.25) is 0 Å². The first-order chi connectivity index (χ1) is 6.74. The van der Waals surface area contributed by atoms with E-state index in [0.29, 0.717) is 12.5 Å². The summed E-state index contributed by atoms with van der Waals surface area (Å²) in [5, 5.41) is 2.89. The van der Waals surface area contributed by atoms with Crippen molar-refractivity contribution in [3.05, 3.63) is 0 Å². The van der Waals surface area contributed by atoms with E-state index in [1.54, 1.807) is 0 Å². The number of hydrogen-bond acceptors (Lipinski definition) is 2. The highest BCUT2D eigenvalue weighted by Gasteiger charge is 2.21. The van der Waals surface area contributed by atoms with Crippen LogP contribution in [-0.4, -0.2) is 18.7 Å². The van der Waals surface area contributed by atoms with Gasteiger partial charge < -0.3 is 10.1 Å². The number of rotatable bonds is 3. The highest BCUT2D eigenvalue weighted by Crippen LogP contribution is 2.26. The van der Waals surface area contributed by atoms with Gasteiger partial charge in [0.25, 0.3) is 0 Å². The fourth-order valence-electron chi connectivity index (χ4n) is 2.11. The number of amides is 1. The first-order valence-corrected chi connectivity index (χ1v) is 5.67. The predicted molar refractivity (Wildman–Crippen MR) is 56.2 cm³/mol. The molecule has 3 nitrogen and oxygen atoms in total. The molecule has 1 fully saturated rings. The van der Waals surface area contributed by atoms with Gasteiger partial charge >= 0.3 is 6.09 Å². The molecule has 1 amide bonds. The summed E-state index contributed by atoms with van der Waals surface area (Å²) in [6.07, 6.45) is 6.17. The normalized spacial score (nSPS) is 20.1. The zero-order valence-electron chi connectivity index (χ0n) is 9.21. The molecular weight excluding hydrogens is 178 g/mol. The highest BCUT2D eigenvalue weighted by molar-refractivity contribution is 5.67. The minimum absolute atomic E-state index is 0.259. The van der Waals surface area contributed by atoms with Gasteiger partial charge in [-0.05, 0) is 32.6 Å². The van der Waals surface area contributed by atoms with Crippen LogP contribution in [0.5, 0.6) is 0 Å². The van der Waals surface area contributed by atoms with E-state index in [9.17, 15) is 4.79 Å². The zero-order chi connectivity index (χ0) is 10.4. The lowest BCUT2D eigenvalue weighted by atomic mass is 9.85. The average molecular weight is 199 g/mol. The SMILES string of the molecule is CCOC(=O)N[C@H](C)C1CCCCC1. The van der Waals surface area contributed by atoms with E-state index in [1.165, 1.54) is 32.1 Å². The molecule has 1 atom stereocenters. The first kappa shape index (κ1) is 11.3. The first-order valence-electron chi connectivity index (χ1n) is 5.67. The molecule has 0 bridgehead atoms. The van der Waals surface area contributed by atoms with Crippen molar-refractivity contribution in [2.75, 3.05) is 6.61 Å². The summed E-state index contributed by atoms with van der Waals surface area (Å²) in [6, 6.07) is 0.259. The molecule has 0 aromatic rings. The van der Waals surface area contributed by atoms with Gasteiger partial charge in [-0.2, -0.15) is 0 Å². The van der Waals surface area contributed by atoms with Crippen molar-refractivity contribution in [2.45, 2.75) is 52.0 Å². The fraction of sp³-hybridized carbons (Fsp3) is 0.909. The molecule has 0 aromatic heterocycles. The predicted octanol–water partition coefficient (Wildman–Crippen LogP) is 2.70. The van der Waals surface area contributed by atoms with Crippen LogP contribution in [0.2, 0.25) is 0 Å². The Hall–Kier alpha value is -0.730. The molecule has 0 saturated heterocycles. The molecule has 0 unspecified atom stereocenters. The van der Waals surface area contributed by atoms with Gasteiger partial charge in [-0.15, -0.1) is 0 Å². The molecule has 0 aliphatic heterocycles. The van der Waals surface area contributed by atoms with Gasteiger partial charge in [-0.25, -0.2) is 4.79 Å². The second-order valence-corrected chi connectivity index (χ2v) is 4.05. The van der Waals surface area contributed by atoms with Crippen LogP contribution < -0.4 is 5.32 Å².